The van der Waals surface area contributed by atoms with E-state index in [0.717, 1.165) is 11.1 Å². The standard InChI is InChI=1S/C30H27N3O5S/c1-4-37-24-16-22(14-15-23(24)38-17-20-8-6-5-7-9-20)26-25(27(34)21-12-10-18(2)11-13-21)28(35)29(36)33(26)30-32-31-19(3)39-30/h5-16,26,34H,4,17H2,1-3H3. The molecule has 1 fully saturated rings. The number of nitrogens with zero attached hydrogens (tertiary/aromatic N) is 3. The SMILES string of the molecule is CCOc1cc(C2C(=C(O)c3ccc(C)cc3)C(=O)C(=O)N2c2nnc(C)s2)ccc1OCc1ccccc1. The van der Waals surface area contributed by atoms with E-state index in [4.69, 9.17) is 9.47 Å². The number of carbonyl (C=O) groups excluding carboxylic acids is 2. The summed E-state index contributed by atoms with van der Waals surface area (Å²) in [5.41, 5.74) is 2.97. The van der Waals surface area contributed by atoms with Crippen LogP contribution in [-0.4, -0.2) is 33.6 Å². The summed E-state index contributed by atoms with van der Waals surface area (Å²) in [4.78, 5) is 28.0. The number of aliphatic hydroxyl groups excluding tert-OH is 1. The van der Waals surface area contributed by atoms with Crippen LogP contribution in [0.1, 0.15) is 40.2 Å². The van der Waals surface area contributed by atoms with E-state index in [1.807, 2.05) is 56.3 Å². The molecule has 0 radical (unpaired) electrons. The van der Waals surface area contributed by atoms with Gasteiger partial charge in [0.15, 0.2) is 11.5 Å². The van der Waals surface area contributed by atoms with Gasteiger partial charge in [-0.3, -0.25) is 14.5 Å². The van der Waals surface area contributed by atoms with Gasteiger partial charge >= 0.3 is 5.91 Å². The van der Waals surface area contributed by atoms with Crippen molar-refractivity contribution in [2.45, 2.75) is 33.4 Å². The van der Waals surface area contributed by atoms with Crippen LogP contribution in [0.15, 0.2) is 78.4 Å². The minimum Gasteiger partial charge on any atom is -0.507 e. The molecular formula is C30H27N3O5S. The summed E-state index contributed by atoms with van der Waals surface area (Å²) in [6.45, 7) is 6.28. The Bertz CT molecular complexity index is 1550. The van der Waals surface area contributed by atoms with E-state index < -0.39 is 17.7 Å². The first-order chi connectivity index (χ1) is 18.9. The van der Waals surface area contributed by atoms with Crippen molar-refractivity contribution in [1.82, 2.24) is 10.2 Å². The van der Waals surface area contributed by atoms with Crippen molar-refractivity contribution >= 4 is 33.9 Å². The molecule has 0 aliphatic carbocycles. The van der Waals surface area contributed by atoms with Crippen molar-refractivity contribution in [1.29, 1.82) is 0 Å². The molecule has 1 aliphatic rings. The number of rotatable bonds is 8. The average Bonchev–Trinajstić information content (AvgIpc) is 3.48. The topological polar surface area (TPSA) is 102 Å². The molecule has 0 spiro atoms. The van der Waals surface area contributed by atoms with E-state index in [9.17, 15) is 14.7 Å². The second kappa shape index (κ2) is 11.1. The Balaban J connectivity index is 1.61. The van der Waals surface area contributed by atoms with E-state index in [-0.39, 0.29) is 16.5 Å². The van der Waals surface area contributed by atoms with Gasteiger partial charge in [-0.2, -0.15) is 0 Å². The molecule has 9 heteroatoms. The van der Waals surface area contributed by atoms with Crippen molar-refractivity contribution in [3.63, 3.8) is 0 Å². The van der Waals surface area contributed by atoms with Gasteiger partial charge in [0.1, 0.15) is 17.4 Å². The first-order valence-corrected chi connectivity index (χ1v) is 13.3. The Morgan fingerprint density at radius 3 is 2.36 bits per heavy atom. The zero-order valence-corrected chi connectivity index (χ0v) is 22.6. The zero-order valence-electron chi connectivity index (χ0n) is 21.7. The quantitative estimate of drug-likeness (QED) is 0.172. The van der Waals surface area contributed by atoms with E-state index in [0.29, 0.717) is 40.8 Å². The number of amides is 1. The molecule has 198 valence electrons. The highest BCUT2D eigenvalue weighted by atomic mass is 32.1. The van der Waals surface area contributed by atoms with Crippen LogP contribution in [0.2, 0.25) is 0 Å². The van der Waals surface area contributed by atoms with Crippen LogP contribution >= 0.6 is 11.3 Å². The minimum atomic E-state index is -0.943. The number of ketones is 1. The summed E-state index contributed by atoms with van der Waals surface area (Å²) in [5.74, 6) is -0.864. The zero-order chi connectivity index (χ0) is 27.5. The fourth-order valence-electron chi connectivity index (χ4n) is 4.41. The van der Waals surface area contributed by atoms with E-state index in [1.165, 1.54) is 16.2 Å². The van der Waals surface area contributed by atoms with Gasteiger partial charge < -0.3 is 14.6 Å². The normalized spacial score (nSPS) is 16.5. The number of aliphatic hydroxyl groups is 1. The second-order valence-corrected chi connectivity index (χ2v) is 10.2. The maximum atomic E-state index is 13.4. The molecule has 1 amide bonds. The fourth-order valence-corrected chi connectivity index (χ4v) is 5.13. The molecule has 1 N–H and O–H groups in total. The lowest BCUT2D eigenvalue weighted by Gasteiger charge is -2.23. The van der Waals surface area contributed by atoms with Crippen molar-refractivity contribution in [2.75, 3.05) is 11.5 Å². The third-order valence-corrected chi connectivity index (χ3v) is 7.15. The maximum Gasteiger partial charge on any atom is 0.301 e. The lowest BCUT2D eigenvalue weighted by molar-refractivity contribution is -0.132. The summed E-state index contributed by atoms with van der Waals surface area (Å²) in [6, 6.07) is 21.2. The van der Waals surface area contributed by atoms with Gasteiger partial charge in [0.25, 0.3) is 5.78 Å². The number of aromatic nitrogens is 2. The molecule has 4 aromatic rings. The minimum absolute atomic E-state index is 0.0305. The summed E-state index contributed by atoms with van der Waals surface area (Å²) in [7, 11) is 0. The number of benzene rings is 3. The highest BCUT2D eigenvalue weighted by molar-refractivity contribution is 7.15. The maximum absolute atomic E-state index is 13.4. The van der Waals surface area contributed by atoms with Crippen molar-refractivity contribution in [2.24, 2.45) is 0 Å². The first-order valence-electron chi connectivity index (χ1n) is 12.5. The van der Waals surface area contributed by atoms with Crippen LogP contribution in [0.25, 0.3) is 5.76 Å². The number of aryl methyl sites for hydroxylation is 2. The molecule has 1 aromatic heterocycles. The highest BCUT2D eigenvalue weighted by Crippen LogP contribution is 2.44. The van der Waals surface area contributed by atoms with Gasteiger partial charge in [-0.1, -0.05) is 77.6 Å². The molecule has 5 rings (SSSR count). The molecule has 1 saturated heterocycles. The third kappa shape index (κ3) is 5.26. The van der Waals surface area contributed by atoms with Crippen molar-refractivity contribution in [3.05, 3.63) is 106 Å². The van der Waals surface area contributed by atoms with E-state index in [1.54, 1.807) is 37.3 Å². The first kappa shape index (κ1) is 26.1. The van der Waals surface area contributed by atoms with Crippen LogP contribution in [0.5, 0.6) is 11.5 Å². The van der Waals surface area contributed by atoms with Gasteiger partial charge in [-0.25, -0.2) is 0 Å². The summed E-state index contributed by atoms with van der Waals surface area (Å²) < 4.78 is 12.0. The predicted molar refractivity (Wildman–Crippen MR) is 149 cm³/mol. The number of hydrogen-bond acceptors (Lipinski definition) is 8. The Hall–Kier alpha value is -4.50. The molecule has 0 saturated carbocycles. The van der Waals surface area contributed by atoms with Gasteiger partial charge in [0.2, 0.25) is 5.13 Å². The molecule has 1 aliphatic heterocycles. The average molecular weight is 542 g/mol. The fraction of sp³-hybridized carbons (Fsp3) is 0.200. The lowest BCUT2D eigenvalue weighted by Crippen LogP contribution is -2.29. The Morgan fingerprint density at radius 2 is 1.69 bits per heavy atom. The predicted octanol–water partition coefficient (Wildman–Crippen LogP) is 5.76. The van der Waals surface area contributed by atoms with E-state index in [2.05, 4.69) is 10.2 Å². The second-order valence-electron chi connectivity index (χ2n) is 9.05. The summed E-state index contributed by atoms with van der Waals surface area (Å²) in [5, 5.41) is 20.4. The van der Waals surface area contributed by atoms with Gasteiger partial charge in [0.05, 0.1) is 18.2 Å². The number of Topliss-reactive ketones (excluding diaryl/α,β-unsaturated/α-hetero) is 1. The Kier molecular flexibility index (Phi) is 7.42. The number of ether oxygens (including phenoxy) is 2. The van der Waals surface area contributed by atoms with Crippen LogP contribution in [0, 0.1) is 13.8 Å². The highest BCUT2D eigenvalue weighted by Gasteiger charge is 2.48. The van der Waals surface area contributed by atoms with Crippen LogP contribution < -0.4 is 14.4 Å². The monoisotopic (exact) mass is 541 g/mol. The molecular weight excluding hydrogens is 514 g/mol. The third-order valence-electron chi connectivity index (χ3n) is 6.31. The van der Waals surface area contributed by atoms with Crippen LogP contribution in [0.3, 0.4) is 0 Å². The molecule has 1 unspecified atom stereocenters. The summed E-state index contributed by atoms with van der Waals surface area (Å²) >= 11 is 1.19. The Morgan fingerprint density at radius 1 is 0.949 bits per heavy atom. The lowest BCUT2D eigenvalue weighted by atomic mass is 9.95. The Labute approximate surface area is 230 Å². The number of anilines is 1. The largest absolute Gasteiger partial charge is 0.507 e. The van der Waals surface area contributed by atoms with Crippen molar-refractivity contribution < 1.29 is 24.2 Å². The molecule has 8 nitrogen and oxygen atoms in total. The van der Waals surface area contributed by atoms with Gasteiger partial charge in [0, 0.05) is 5.56 Å². The summed E-state index contributed by atoms with van der Waals surface area (Å²) in [6.07, 6.45) is 0. The smallest absolute Gasteiger partial charge is 0.301 e. The molecule has 39 heavy (non-hydrogen) atoms. The molecule has 3 aromatic carbocycles. The number of hydrogen-bond donors (Lipinski definition) is 1. The van der Waals surface area contributed by atoms with Crippen molar-refractivity contribution in [3.8, 4) is 11.5 Å². The van der Waals surface area contributed by atoms with Crippen LogP contribution in [-0.2, 0) is 16.2 Å². The number of carbonyl (C=O) groups is 2. The molecule has 0 bridgehead atoms. The van der Waals surface area contributed by atoms with Crippen LogP contribution in [0.4, 0.5) is 5.13 Å². The molecule has 1 atom stereocenters. The van der Waals surface area contributed by atoms with Gasteiger partial charge in [-0.15, -0.1) is 10.2 Å². The molecule has 2 heterocycles. The van der Waals surface area contributed by atoms with E-state index >= 15 is 0 Å². The van der Waals surface area contributed by atoms with Gasteiger partial charge in [-0.05, 0) is 44.0 Å².